The number of nitrogens with one attached hydrogen (secondary N) is 1. The van der Waals surface area contributed by atoms with Gasteiger partial charge in [0.2, 0.25) is 5.91 Å². The normalized spacial score (nSPS) is 25.9. The Labute approximate surface area is 170 Å². The molecule has 0 heterocycles. The molecule has 4 rings (SSSR count). The summed E-state index contributed by atoms with van der Waals surface area (Å²) >= 11 is 5.92. The Morgan fingerprint density at radius 3 is 2.79 bits per heavy atom. The van der Waals surface area contributed by atoms with Crippen LogP contribution in [0.15, 0.2) is 53.6 Å². The molecule has 1 amide bonds. The lowest BCUT2D eigenvalue weighted by atomic mass is 9.90. The number of carbonyl (C=O) groups is 1. The number of rotatable bonds is 6. The second-order valence-corrected chi connectivity index (χ2v) is 8.46. The summed E-state index contributed by atoms with van der Waals surface area (Å²) in [5, 5.41) is 4.90. The van der Waals surface area contributed by atoms with E-state index in [0.29, 0.717) is 17.5 Å². The van der Waals surface area contributed by atoms with Crippen LogP contribution in [0.3, 0.4) is 0 Å². The lowest BCUT2D eigenvalue weighted by molar-refractivity contribution is -0.123. The fourth-order valence-corrected chi connectivity index (χ4v) is 4.67. The van der Waals surface area contributed by atoms with Gasteiger partial charge in [0.25, 0.3) is 0 Å². The molecule has 0 spiro atoms. The first kappa shape index (κ1) is 19.0. The van der Waals surface area contributed by atoms with E-state index in [2.05, 4.69) is 17.5 Å². The second-order valence-electron chi connectivity index (χ2n) is 8.02. The van der Waals surface area contributed by atoms with Crippen LogP contribution in [0.5, 0.6) is 5.75 Å². The van der Waals surface area contributed by atoms with Crippen LogP contribution < -0.4 is 10.2 Å². The summed E-state index contributed by atoms with van der Waals surface area (Å²) in [6, 6.07) is 15.2. The summed E-state index contributed by atoms with van der Waals surface area (Å²) in [7, 11) is 0. The molecule has 4 nitrogen and oxygen atoms in total. The molecule has 2 saturated carbocycles. The average molecular weight is 397 g/mol. The number of para-hydroxylation sites is 1. The van der Waals surface area contributed by atoms with Gasteiger partial charge in [0.1, 0.15) is 12.4 Å². The zero-order valence-corrected chi connectivity index (χ0v) is 16.8. The van der Waals surface area contributed by atoms with Crippen molar-refractivity contribution in [2.75, 3.05) is 0 Å². The van der Waals surface area contributed by atoms with Crippen molar-refractivity contribution in [1.82, 2.24) is 5.43 Å². The number of benzene rings is 2. The third-order valence-electron chi connectivity index (χ3n) is 6.22. The number of ether oxygens (including phenoxy) is 1. The summed E-state index contributed by atoms with van der Waals surface area (Å²) < 4.78 is 5.93. The fourth-order valence-electron chi connectivity index (χ4n) is 4.55. The highest BCUT2D eigenvalue weighted by molar-refractivity contribution is 6.30. The van der Waals surface area contributed by atoms with E-state index in [9.17, 15) is 4.79 Å². The van der Waals surface area contributed by atoms with E-state index in [1.54, 1.807) is 6.21 Å². The molecule has 2 aliphatic rings. The number of hydrogen-bond acceptors (Lipinski definition) is 3. The van der Waals surface area contributed by atoms with Crippen LogP contribution in [-0.4, -0.2) is 12.1 Å². The maximum atomic E-state index is 12.5. The molecule has 0 unspecified atom stereocenters. The van der Waals surface area contributed by atoms with Crippen LogP contribution in [0, 0.1) is 17.3 Å². The van der Waals surface area contributed by atoms with Crippen molar-refractivity contribution in [1.29, 1.82) is 0 Å². The lowest BCUT2D eigenvalue weighted by Crippen LogP contribution is -2.22. The van der Waals surface area contributed by atoms with Crippen LogP contribution in [0.1, 0.15) is 43.7 Å². The molecule has 28 heavy (non-hydrogen) atoms. The van der Waals surface area contributed by atoms with Gasteiger partial charge in [0, 0.05) is 16.5 Å². The van der Waals surface area contributed by atoms with Crippen molar-refractivity contribution in [3.63, 3.8) is 0 Å². The third-order valence-corrected chi connectivity index (χ3v) is 6.47. The highest BCUT2D eigenvalue weighted by Crippen LogP contribution is 2.66. The van der Waals surface area contributed by atoms with E-state index in [4.69, 9.17) is 16.3 Å². The average Bonchev–Trinajstić information content (AvgIpc) is 3.34. The molecule has 0 radical (unpaired) electrons. The molecule has 2 fully saturated rings. The van der Waals surface area contributed by atoms with Crippen molar-refractivity contribution in [2.24, 2.45) is 22.4 Å². The van der Waals surface area contributed by atoms with Crippen LogP contribution in [-0.2, 0) is 11.4 Å². The van der Waals surface area contributed by atoms with E-state index in [-0.39, 0.29) is 17.2 Å². The zero-order chi connectivity index (χ0) is 19.6. The molecule has 2 aliphatic carbocycles. The molecule has 5 heteroatoms. The summed E-state index contributed by atoms with van der Waals surface area (Å²) in [5.74, 6) is 1.42. The lowest BCUT2D eigenvalue weighted by Gasteiger charge is -2.15. The highest BCUT2D eigenvalue weighted by atomic mass is 35.5. The number of fused-ring (bicyclic) bond motifs is 1. The first-order valence-corrected chi connectivity index (χ1v) is 10.2. The second kappa shape index (κ2) is 7.96. The quantitative estimate of drug-likeness (QED) is 0.539. The SMILES string of the molecule is C[C@]12CCCC[C@H]1[C@H]2C(=O)N/N=C\c1ccccc1OCc1ccc(Cl)cc1. The number of amides is 1. The smallest absolute Gasteiger partial charge is 0.244 e. The molecule has 3 atom stereocenters. The van der Waals surface area contributed by atoms with Crippen molar-refractivity contribution in [3.8, 4) is 5.75 Å². The van der Waals surface area contributed by atoms with E-state index in [1.807, 2.05) is 48.5 Å². The third kappa shape index (κ3) is 3.93. The molecule has 2 aromatic carbocycles. The molecule has 0 saturated heterocycles. The summed E-state index contributed by atoms with van der Waals surface area (Å²) in [6.45, 7) is 2.68. The minimum atomic E-state index is 0.0465. The van der Waals surface area contributed by atoms with Crippen LogP contribution >= 0.6 is 11.6 Å². The summed E-state index contributed by atoms with van der Waals surface area (Å²) in [6.07, 6.45) is 6.45. The van der Waals surface area contributed by atoms with Crippen molar-refractivity contribution in [2.45, 2.75) is 39.2 Å². The van der Waals surface area contributed by atoms with Gasteiger partial charge in [0.15, 0.2) is 0 Å². The van der Waals surface area contributed by atoms with Gasteiger partial charge in [-0.15, -0.1) is 0 Å². The van der Waals surface area contributed by atoms with Gasteiger partial charge >= 0.3 is 0 Å². The molecule has 1 N–H and O–H groups in total. The largest absolute Gasteiger partial charge is 0.488 e. The number of nitrogens with zero attached hydrogens (tertiary/aromatic N) is 1. The van der Waals surface area contributed by atoms with Gasteiger partial charge in [-0.25, -0.2) is 5.43 Å². The number of hydrazone groups is 1. The molecule has 0 aromatic heterocycles. The number of halogens is 1. The van der Waals surface area contributed by atoms with Gasteiger partial charge in [-0.2, -0.15) is 5.10 Å². The Morgan fingerprint density at radius 2 is 2.04 bits per heavy atom. The van der Waals surface area contributed by atoms with E-state index in [0.717, 1.165) is 23.3 Å². The molecular formula is C23H25ClN2O2. The molecular weight excluding hydrogens is 372 g/mol. The van der Waals surface area contributed by atoms with Crippen molar-refractivity contribution in [3.05, 3.63) is 64.7 Å². The fraction of sp³-hybridized carbons (Fsp3) is 0.391. The monoisotopic (exact) mass is 396 g/mol. The maximum Gasteiger partial charge on any atom is 0.244 e. The molecule has 0 aliphatic heterocycles. The first-order chi connectivity index (χ1) is 13.6. The summed E-state index contributed by atoms with van der Waals surface area (Å²) in [5.41, 5.74) is 4.80. The Balaban J connectivity index is 1.35. The first-order valence-electron chi connectivity index (χ1n) is 9.87. The predicted octanol–water partition coefficient (Wildman–Crippen LogP) is 5.20. The highest BCUT2D eigenvalue weighted by Gasteiger charge is 2.64. The van der Waals surface area contributed by atoms with Gasteiger partial charge in [0.05, 0.1) is 6.21 Å². The van der Waals surface area contributed by atoms with E-state index in [1.165, 1.54) is 19.3 Å². The van der Waals surface area contributed by atoms with Gasteiger partial charge in [-0.05, 0) is 54.0 Å². The standard InChI is InChI=1S/C23H25ClN2O2/c1-23-13-5-4-7-19(23)21(23)22(27)26-25-14-17-6-2-3-8-20(17)28-15-16-9-11-18(24)12-10-16/h2-3,6,8-12,14,19,21H,4-5,7,13,15H2,1H3,(H,26,27)/b25-14-/t19-,21-,23-/m0/s1. The van der Waals surface area contributed by atoms with Gasteiger partial charge in [-0.3, -0.25) is 4.79 Å². The van der Waals surface area contributed by atoms with Crippen molar-refractivity contribution >= 4 is 23.7 Å². The number of carbonyl (C=O) groups excluding carboxylic acids is 1. The van der Waals surface area contributed by atoms with Crippen LogP contribution in [0.4, 0.5) is 0 Å². The van der Waals surface area contributed by atoms with Gasteiger partial charge < -0.3 is 4.74 Å². The Morgan fingerprint density at radius 1 is 1.25 bits per heavy atom. The zero-order valence-electron chi connectivity index (χ0n) is 16.0. The number of hydrogen-bond donors (Lipinski definition) is 1. The maximum absolute atomic E-state index is 12.5. The van der Waals surface area contributed by atoms with E-state index < -0.39 is 0 Å². The minimum Gasteiger partial charge on any atom is -0.488 e. The van der Waals surface area contributed by atoms with E-state index >= 15 is 0 Å². The predicted molar refractivity (Wildman–Crippen MR) is 112 cm³/mol. The van der Waals surface area contributed by atoms with Crippen LogP contribution in [0.2, 0.25) is 5.02 Å². The Hall–Kier alpha value is -2.33. The topological polar surface area (TPSA) is 50.7 Å². The molecule has 146 valence electrons. The molecule has 2 aromatic rings. The van der Waals surface area contributed by atoms with Crippen molar-refractivity contribution < 1.29 is 9.53 Å². The van der Waals surface area contributed by atoms with Gasteiger partial charge in [-0.1, -0.05) is 55.6 Å². The Bertz CT molecular complexity index is 880. The minimum absolute atomic E-state index is 0.0465. The Kier molecular flexibility index (Phi) is 5.40. The molecule has 0 bridgehead atoms. The van der Waals surface area contributed by atoms with Crippen LogP contribution in [0.25, 0.3) is 0 Å². The summed E-state index contributed by atoms with van der Waals surface area (Å²) in [4.78, 5) is 12.5.